The highest BCUT2D eigenvalue weighted by atomic mass is 16.5. The summed E-state index contributed by atoms with van der Waals surface area (Å²) in [5.41, 5.74) is 0.0403. The Balaban J connectivity index is 2.52. The molecule has 0 aromatic carbocycles. The average Bonchev–Trinajstić information content (AvgIpc) is 2.31. The van der Waals surface area contributed by atoms with Gasteiger partial charge in [-0.15, -0.1) is 0 Å². The molecule has 0 spiro atoms. The number of nitrogens with one attached hydrogen (secondary N) is 1. The molecule has 1 atom stereocenters. The van der Waals surface area contributed by atoms with Gasteiger partial charge < -0.3 is 10.1 Å². The maximum atomic E-state index is 11.0. The topological polar surface area (TPSA) is 38.3 Å². The predicted octanol–water partition coefficient (Wildman–Crippen LogP) is 0.714. The molecule has 0 aliphatic carbocycles. The molecule has 1 saturated heterocycles. The molecule has 1 rings (SSSR count). The molecular weight excluding hydrogens is 154 g/mol. The minimum Gasteiger partial charge on any atom is -0.379 e. The third kappa shape index (κ3) is 1.85. The van der Waals surface area contributed by atoms with Gasteiger partial charge in [0, 0.05) is 5.41 Å². The van der Waals surface area contributed by atoms with Crippen molar-refractivity contribution in [3.05, 3.63) is 12.7 Å². The van der Waals surface area contributed by atoms with Crippen molar-refractivity contribution in [1.82, 2.24) is 5.32 Å². The van der Waals surface area contributed by atoms with Crippen LogP contribution in [-0.2, 0) is 9.53 Å². The fraction of sp³-hybridized carbons (Fsp3) is 0.667. The maximum absolute atomic E-state index is 11.0. The number of amides is 1. The Labute approximate surface area is 72.8 Å². The Morgan fingerprint density at radius 2 is 2.42 bits per heavy atom. The monoisotopic (exact) mass is 169 g/mol. The fourth-order valence-electron chi connectivity index (χ4n) is 1.23. The summed E-state index contributed by atoms with van der Waals surface area (Å²) in [6.07, 6.45) is 1.29. The van der Waals surface area contributed by atoms with E-state index in [0.717, 1.165) is 0 Å². The Kier molecular flexibility index (Phi) is 2.52. The van der Waals surface area contributed by atoms with Crippen LogP contribution in [0.4, 0.5) is 0 Å². The van der Waals surface area contributed by atoms with E-state index in [1.54, 1.807) is 0 Å². The SMILES string of the molecule is C=CC(=O)NC1COCC1(C)C. The van der Waals surface area contributed by atoms with Crippen molar-refractivity contribution < 1.29 is 9.53 Å². The lowest BCUT2D eigenvalue weighted by Crippen LogP contribution is -2.43. The van der Waals surface area contributed by atoms with Crippen molar-refractivity contribution in [2.24, 2.45) is 5.41 Å². The molecule has 0 radical (unpaired) electrons. The van der Waals surface area contributed by atoms with Crippen LogP contribution in [0.1, 0.15) is 13.8 Å². The molecule has 1 aliphatic heterocycles. The van der Waals surface area contributed by atoms with Crippen LogP contribution in [0.5, 0.6) is 0 Å². The van der Waals surface area contributed by atoms with Gasteiger partial charge >= 0.3 is 0 Å². The average molecular weight is 169 g/mol. The molecule has 0 bridgehead atoms. The summed E-state index contributed by atoms with van der Waals surface area (Å²) < 4.78 is 5.27. The molecule has 3 nitrogen and oxygen atoms in total. The Morgan fingerprint density at radius 1 is 1.75 bits per heavy atom. The van der Waals surface area contributed by atoms with Crippen LogP contribution in [0.15, 0.2) is 12.7 Å². The van der Waals surface area contributed by atoms with Crippen LogP contribution in [0, 0.1) is 5.41 Å². The minimum atomic E-state index is -0.126. The van der Waals surface area contributed by atoms with Gasteiger partial charge in [0.25, 0.3) is 0 Å². The molecule has 12 heavy (non-hydrogen) atoms. The normalized spacial score (nSPS) is 26.7. The molecule has 1 fully saturated rings. The third-order valence-electron chi connectivity index (χ3n) is 2.20. The first-order valence-corrected chi connectivity index (χ1v) is 4.07. The van der Waals surface area contributed by atoms with Crippen LogP contribution in [0.2, 0.25) is 0 Å². The molecule has 1 unspecified atom stereocenters. The van der Waals surface area contributed by atoms with Gasteiger partial charge in [-0.3, -0.25) is 4.79 Å². The van der Waals surface area contributed by atoms with Crippen molar-refractivity contribution in [3.63, 3.8) is 0 Å². The van der Waals surface area contributed by atoms with Crippen molar-refractivity contribution in [3.8, 4) is 0 Å². The lowest BCUT2D eigenvalue weighted by molar-refractivity contribution is -0.117. The van der Waals surface area contributed by atoms with Gasteiger partial charge in [0.05, 0.1) is 19.3 Å². The fourth-order valence-corrected chi connectivity index (χ4v) is 1.23. The smallest absolute Gasteiger partial charge is 0.243 e. The van der Waals surface area contributed by atoms with E-state index in [4.69, 9.17) is 4.74 Å². The first-order chi connectivity index (χ1) is 5.56. The molecule has 0 aromatic rings. The second-order valence-corrected chi connectivity index (χ2v) is 3.77. The zero-order chi connectivity index (χ0) is 9.19. The van der Waals surface area contributed by atoms with Crippen LogP contribution in [0.25, 0.3) is 0 Å². The summed E-state index contributed by atoms with van der Waals surface area (Å²) in [6, 6.07) is 0.114. The van der Waals surface area contributed by atoms with Gasteiger partial charge in [-0.1, -0.05) is 20.4 Å². The number of hydrogen-bond acceptors (Lipinski definition) is 2. The van der Waals surface area contributed by atoms with Gasteiger partial charge in [0.15, 0.2) is 0 Å². The van der Waals surface area contributed by atoms with E-state index < -0.39 is 0 Å². The molecule has 3 heteroatoms. The first kappa shape index (κ1) is 9.26. The highest BCUT2D eigenvalue weighted by molar-refractivity contribution is 5.87. The quantitative estimate of drug-likeness (QED) is 0.618. The third-order valence-corrected chi connectivity index (χ3v) is 2.20. The largest absolute Gasteiger partial charge is 0.379 e. The summed E-state index contributed by atoms with van der Waals surface area (Å²) in [4.78, 5) is 11.0. The summed E-state index contributed by atoms with van der Waals surface area (Å²) in [7, 11) is 0. The number of ether oxygens (including phenoxy) is 1. The van der Waals surface area contributed by atoms with E-state index in [-0.39, 0.29) is 17.4 Å². The molecule has 68 valence electrons. The molecule has 1 amide bonds. The molecule has 0 saturated carbocycles. The first-order valence-electron chi connectivity index (χ1n) is 4.07. The number of carbonyl (C=O) groups excluding carboxylic acids is 1. The maximum Gasteiger partial charge on any atom is 0.243 e. The van der Waals surface area contributed by atoms with Crippen LogP contribution < -0.4 is 5.32 Å². The molecule has 1 N–H and O–H groups in total. The molecular formula is C9H15NO2. The Morgan fingerprint density at radius 3 is 2.83 bits per heavy atom. The van der Waals surface area contributed by atoms with Gasteiger partial charge in [-0.2, -0.15) is 0 Å². The summed E-state index contributed by atoms with van der Waals surface area (Å²) in [5, 5.41) is 2.84. The van der Waals surface area contributed by atoms with E-state index in [0.29, 0.717) is 13.2 Å². The lowest BCUT2D eigenvalue weighted by atomic mass is 9.88. The van der Waals surface area contributed by atoms with Gasteiger partial charge in [-0.05, 0) is 6.08 Å². The second kappa shape index (κ2) is 3.27. The number of hydrogen-bond donors (Lipinski definition) is 1. The second-order valence-electron chi connectivity index (χ2n) is 3.77. The van der Waals surface area contributed by atoms with Crippen molar-refractivity contribution >= 4 is 5.91 Å². The van der Waals surface area contributed by atoms with Crippen LogP contribution >= 0.6 is 0 Å². The molecule has 0 aromatic heterocycles. The summed E-state index contributed by atoms with van der Waals surface area (Å²) in [5.74, 6) is -0.126. The Hall–Kier alpha value is -0.830. The number of carbonyl (C=O) groups is 1. The number of rotatable bonds is 2. The van der Waals surface area contributed by atoms with E-state index in [1.165, 1.54) is 6.08 Å². The van der Waals surface area contributed by atoms with Crippen molar-refractivity contribution in [2.45, 2.75) is 19.9 Å². The highest BCUT2D eigenvalue weighted by Crippen LogP contribution is 2.26. The molecule has 1 heterocycles. The zero-order valence-corrected chi connectivity index (χ0v) is 7.59. The van der Waals surface area contributed by atoms with Crippen LogP contribution in [0.3, 0.4) is 0 Å². The predicted molar refractivity (Wildman–Crippen MR) is 46.7 cm³/mol. The van der Waals surface area contributed by atoms with E-state index in [9.17, 15) is 4.79 Å². The van der Waals surface area contributed by atoms with Gasteiger partial charge in [0.1, 0.15) is 0 Å². The highest BCUT2D eigenvalue weighted by Gasteiger charge is 2.36. The summed E-state index contributed by atoms with van der Waals surface area (Å²) in [6.45, 7) is 8.86. The Bertz CT molecular complexity index is 199. The lowest BCUT2D eigenvalue weighted by Gasteiger charge is -2.24. The van der Waals surface area contributed by atoms with Gasteiger partial charge in [0.2, 0.25) is 5.91 Å². The van der Waals surface area contributed by atoms with Crippen LogP contribution in [-0.4, -0.2) is 25.2 Å². The standard InChI is InChI=1S/C9H15NO2/c1-4-8(11)10-7-5-12-6-9(7,2)3/h4,7H,1,5-6H2,2-3H3,(H,10,11). The van der Waals surface area contributed by atoms with E-state index in [2.05, 4.69) is 25.7 Å². The minimum absolute atomic E-state index is 0.0403. The van der Waals surface area contributed by atoms with Crippen molar-refractivity contribution in [2.75, 3.05) is 13.2 Å². The van der Waals surface area contributed by atoms with Crippen molar-refractivity contribution in [1.29, 1.82) is 0 Å². The van der Waals surface area contributed by atoms with E-state index in [1.807, 2.05) is 0 Å². The van der Waals surface area contributed by atoms with E-state index >= 15 is 0 Å². The zero-order valence-electron chi connectivity index (χ0n) is 7.59. The molecule has 1 aliphatic rings. The van der Waals surface area contributed by atoms with Gasteiger partial charge in [-0.25, -0.2) is 0 Å². The summed E-state index contributed by atoms with van der Waals surface area (Å²) >= 11 is 0.